The molecular weight excluding hydrogens is 321 g/mol. The third-order valence-electron chi connectivity index (χ3n) is 2.51. The summed E-state index contributed by atoms with van der Waals surface area (Å²) in [4.78, 5) is 0. The molecule has 0 unspecified atom stereocenters. The molecule has 0 fully saturated rings. The van der Waals surface area contributed by atoms with Crippen LogP contribution in [-0.2, 0) is 5.92 Å². The average Bonchev–Trinajstić information content (AvgIpc) is 2.41. The van der Waals surface area contributed by atoms with E-state index in [1.165, 1.54) is 36.4 Å². The summed E-state index contributed by atoms with van der Waals surface area (Å²) in [5.41, 5.74) is -0.132. The van der Waals surface area contributed by atoms with Crippen molar-refractivity contribution >= 4 is 15.9 Å². The van der Waals surface area contributed by atoms with Gasteiger partial charge in [-0.2, -0.15) is 8.78 Å². The van der Waals surface area contributed by atoms with E-state index in [9.17, 15) is 13.2 Å². The summed E-state index contributed by atoms with van der Waals surface area (Å²) in [6.07, 6.45) is 0. The molecule has 0 atom stereocenters. The molecule has 2 aromatic rings. The van der Waals surface area contributed by atoms with E-state index in [4.69, 9.17) is 4.74 Å². The monoisotopic (exact) mass is 330 g/mol. The van der Waals surface area contributed by atoms with Crippen LogP contribution in [0.25, 0.3) is 0 Å². The second kappa shape index (κ2) is 5.65. The molecule has 0 saturated heterocycles. The standard InChI is InChI=1S/C14H10BrF3O/c15-12-7-6-11(8-13(12)16)19-9-14(17,18)10-4-2-1-3-5-10/h1-8H,9H2. The molecule has 0 heterocycles. The van der Waals surface area contributed by atoms with Crippen LogP contribution in [0.2, 0.25) is 0 Å². The normalized spacial score (nSPS) is 11.4. The van der Waals surface area contributed by atoms with Crippen molar-refractivity contribution in [3.05, 3.63) is 64.4 Å². The molecule has 0 spiro atoms. The summed E-state index contributed by atoms with van der Waals surface area (Å²) < 4.78 is 46.0. The van der Waals surface area contributed by atoms with Crippen LogP contribution < -0.4 is 4.74 Å². The second-order valence-electron chi connectivity index (χ2n) is 3.94. The van der Waals surface area contributed by atoms with Crippen LogP contribution >= 0.6 is 15.9 Å². The van der Waals surface area contributed by atoms with E-state index in [0.29, 0.717) is 0 Å². The number of halogens is 4. The Balaban J connectivity index is 2.07. The van der Waals surface area contributed by atoms with Crippen molar-refractivity contribution in [2.45, 2.75) is 5.92 Å². The first-order valence-corrected chi connectivity index (χ1v) is 6.29. The van der Waals surface area contributed by atoms with Gasteiger partial charge in [0.15, 0.2) is 6.61 Å². The molecule has 1 nitrogen and oxygen atoms in total. The van der Waals surface area contributed by atoms with E-state index in [1.807, 2.05) is 0 Å². The van der Waals surface area contributed by atoms with Gasteiger partial charge in [-0.3, -0.25) is 0 Å². The molecular formula is C14H10BrF3O. The third-order valence-corrected chi connectivity index (χ3v) is 3.15. The molecule has 19 heavy (non-hydrogen) atoms. The molecule has 0 N–H and O–H groups in total. The van der Waals surface area contributed by atoms with Crippen LogP contribution in [0.5, 0.6) is 5.75 Å². The van der Waals surface area contributed by atoms with Gasteiger partial charge >= 0.3 is 5.92 Å². The van der Waals surface area contributed by atoms with Crippen molar-refractivity contribution in [2.75, 3.05) is 6.61 Å². The SMILES string of the molecule is Fc1cc(OCC(F)(F)c2ccccc2)ccc1Br. The van der Waals surface area contributed by atoms with Crippen LogP contribution in [0.3, 0.4) is 0 Å². The summed E-state index contributed by atoms with van der Waals surface area (Å²) in [6.45, 7) is -0.835. The second-order valence-corrected chi connectivity index (χ2v) is 4.79. The van der Waals surface area contributed by atoms with E-state index in [-0.39, 0.29) is 15.8 Å². The molecule has 0 bridgehead atoms. The highest BCUT2D eigenvalue weighted by atomic mass is 79.9. The minimum Gasteiger partial charge on any atom is -0.487 e. The number of alkyl halides is 2. The average molecular weight is 331 g/mol. The van der Waals surface area contributed by atoms with Crippen LogP contribution in [0.15, 0.2) is 53.0 Å². The van der Waals surface area contributed by atoms with Crippen LogP contribution in [-0.4, -0.2) is 6.61 Å². The number of ether oxygens (including phenoxy) is 1. The van der Waals surface area contributed by atoms with Crippen molar-refractivity contribution in [2.24, 2.45) is 0 Å². The first-order valence-electron chi connectivity index (χ1n) is 5.50. The third kappa shape index (κ3) is 3.50. The summed E-state index contributed by atoms with van der Waals surface area (Å²) in [5, 5.41) is 0. The highest BCUT2D eigenvalue weighted by molar-refractivity contribution is 9.10. The fourth-order valence-corrected chi connectivity index (χ4v) is 1.75. The van der Waals surface area contributed by atoms with E-state index < -0.39 is 18.3 Å². The highest BCUT2D eigenvalue weighted by Crippen LogP contribution is 2.29. The summed E-state index contributed by atoms with van der Waals surface area (Å²) in [7, 11) is 0. The summed E-state index contributed by atoms with van der Waals surface area (Å²) >= 11 is 2.98. The maximum absolute atomic E-state index is 13.8. The van der Waals surface area contributed by atoms with Crippen molar-refractivity contribution in [3.63, 3.8) is 0 Å². The molecule has 2 rings (SSSR count). The van der Waals surface area contributed by atoms with Gasteiger partial charge < -0.3 is 4.74 Å². The van der Waals surface area contributed by atoms with Gasteiger partial charge in [-0.1, -0.05) is 30.3 Å². The fourth-order valence-electron chi connectivity index (χ4n) is 1.51. The Kier molecular flexibility index (Phi) is 4.14. The molecule has 100 valence electrons. The Hall–Kier alpha value is -1.49. The van der Waals surface area contributed by atoms with Gasteiger partial charge in [-0.05, 0) is 28.1 Å². The minimum absolute atomic E-state index is 0.0660. The zero-order valence-electron chi connectivity index (χ0n) is 9.75. The maximum atomic E-state index is 13.8. The number of hydrogen-bond donors (Lipinski definition) is 0. The first kappa shape index (κ1) is 13.9. The van der Waals surface area contributed by atoms with E-state index in [1.54, 1.807) is 6.07 Å². The van der Waals surface area contributed by atoms with Crippen molar-refractivity contribution in [1.29, 1.82) is 0 Å². The molecule has 0 aliphatic heterocycles. The molecule has 0 aromatic heterocycles. The smallest absolute Gasteiger partial charge is 0.306 e. The Morgan fingerprint density at radius 1 is 1.05 bits per heavy atom. The Bertz CT molecular complexity index is 558. The molecule has 0 radical (unpaired) electrons. The zero-order valence-corrected chi connectivity index (χ0v) is 11.3. The first-order chi connectivity index (χ1) is 8.99. The van der Waals surface area contributed by atoms with Gasteiger partial charge in [0.2, 0.25) is 0 Å². The van der Waals surface area contributed by atoms with E-state index in [0.717, 1.165) is 6.07 Å². The minimum atomic E-state index is -3.12. The van der Waals surface area contributed by atoms with E-state index in [2.05, 4.69) is 15.9 Å². The number of hydrogen-bond acceptors (Lipinski definition) is 1. The van der Waals surface area contributed by atoms with E-state index >= 15 is 0 Å². The fraction of sp³-hybridized carbons (Fsp3) is 0.143. The summed E-state index contributed by atoms with van der Waals surface area (Å²) in [6, 6.07) is 11.3. The quantitative estimate of drug-likeness (QED) is 0.785. The summed E-state index contributed by atoms with van der Waals surface area (Å²) in [5.74, 6) is -3.61. The predicted octanol–water partition coefficient (Wildman–Crippen LogP) is 4.76. The van der Waals surface area contributed by atoms with Gasteiger partial charge in [0.25, 0.3) is 0 Å². The van der Waals surface area contributed by atoms with Gasteiger partial charge in [-0.25, -0.2) is 4.39 Å². The van der Waals surface area contributed by atoms with Crippen LogP contribution in [0.1, 0.15) is 5.56 Å². The van der Waals surface area contributed by atoms with Gasteiger partial charge in [0.1, 0.15) is 11.6 Å². The molecule has 0 amide bonds. The lowest BCUT2D eigenvalue weighted by Crippen LogP contribution is -2.23. The highest BCUT2D eigenvalue weighted by Gasteiger charge is 2.32. The lowest BCUT2D eigenvalue weighted by molar-refractivity contribution is -0.0467. The molecule has 0 aliphatic rings. The molecule has 5 heteroatoms. The topological polar surface area (TPSA) is 9.23 Å². The largest absolute Gasteiger partial charge is 0.487 e. The van der Waals surface area contributed by atoms with Gasteiger partial charge in [0.05, 0.1) is 4.47 Å². The predicted molar refractivity (Wildman–Crippen MR) is 69.9 cm³/mol. The van der Waals surface area contributed by atoms with Gasteiger partial charge in [0, 0.05) is 11.6 Å². The Morgan fingerprint density at radius 2 is 1.74 bits per heavy atom. The number of rotatable bonds is 4. The lowest BCUT2D eigenvalue weighted by Gasteiger charge is -2.17. The maximum Gasteiger partial charge on any atom is 0.306 e. The Morgan fingerprint density at radius 3 is 2.37 bits per heavy atom. The molecule has 2 aromatic carbocycles. The van der Waals surface area contributed by atoms with Crippen molar-refractivity contribution in [3.8, 4) is 5.75 Å². The Labute approximate surface area is 117 Å². The van der Waals surface area contributed by atoms with Gasteiger partial charge in [-0.15, -0.1) is 0 Å². The molecule has 0 aliphatic carbocycles. The van der Waals surface area contributed by atoms with Crippen molar-refractivity contribution in [1.82, 2.24) is 0 Å². The van der Waals surface area contributed by atoms with Crippen molar-refractivity contribution < 1.29 is 17.9 Å². The van der Waals surface area contributed by atoms with Crippen LogP contribution in [0.4, 0.5) is 13.2 Å². The lowest BCUT2D eigenvalue weighted by atomic mass is 10.1. The zero-order chi connectivity index (χ0) is 13.9. The molecule has 0 saturated carbocycles. The number of benzene rings is 2. The van der Waals surface area contributed by atoms with Crippen LogP contribution in [0, 0.1) is 5.82 Å².